The molecule has 3 N–H and O–H groups in total. The first kappa shape index (κ1) is 24.5. The van der Waals surface area contributed by atoms with E-state index in [1.165, 1.54) is 12.1 Å². The maximum absolute atomic E-state index is 14.6. The van der Waals surface area contributed by atoms with Crippen LogP contribution in [0.2, 0.25) is 0 Å². The second-order valence-electron chi connectivity index (χ2n) is 9.55. The van der Waals surface area contributed by atoms with Crippen LogP contribution in [-0.2, 0) is 0 Å². The van der Waals surface area contributed by atoms with Gasteiger partial charge in [-0.3, -0.25) is 15.1 Å². The van der Waals surface area contributed by atoms with Crippen molar-refractivity contribution in [3.05, 3.63) is 72.9 Å². The van der Waals surface area contributed by atoms with Crippen molar-refractivity contribution in [3.8, 4) is 39.7 Å². The second-order valence-corrected chi connectivity index (χ2v) is 9.55. The van der Waals surface area contributed by atoms with Crippen LogP contribution in [-0.4, -0.2) is 69.3 Å². The lowest BCUT2D eigenvalue weighted by Crippen LogP contribution is -2.20. The molecule has 0 amide bonds. The summed E-state index contributed by atoms with van der Waals surface area (Å²) < 4.78 is 19.9. The molecule has 0 aliphatic rings. The van der Waals surface area contributed by atoms with Crippen LogP contribution in [0.15, 0.2) is 67.1 Å². The quantitative estimate of drug-likeness (QED) is 0.247. The number of methoxy groups -OCH3 is 1. The molecule has 0 fully saturated rings. The van der Waals surface area contributed by atoms with Crippen molar-refractivity contribution in [1.82, 2.24) is 35.0 Å². The molecule has 0 atom stereocenters. The van der Waals surface area contributed by atoms with Crippen molar-refractivity contribution in [3.63, 3.8) is 0 Å². The molecule has 10 heteroatoms. The van der Waals surface area contributed by atoms with Crippen molar-refractivity contribution >= 4 is 27.6 Å². The Labute approximate surface area is 224 Å². The summed E-state index contributed by atoms with van der Waals surface area (Å²) in [6.07, 6.45) is 5.16. The van der Waals surface area contributed by atoms with Crippen LogP contribution in [0.1, 0.15) is 0 Å². The fraction of sp³-hybridized carbons (Fsp3) is 0.172. The molecule has 0 spiro atoms. The molecule has 4 heterocycles. The van der Waals surface area contributed by atoms with E-state index in [1.807, 2.05) is 44.4 Å². The fourth-order valence-corrected chi connectivity index (χ4v) is 4.57. The minimum absolute atomic E-state index is 0.340. The zero-order valence-electron chi connectivity index (χ0n) is 21.8. The minimum Gasteiger partial charge on any atom is -0.495 e. The first-order valence-electron chi connectivity index (χ1n) is 12.5. The van der Waals surface area contributed by atoms with E-state index < -0.39 is 0 Å². The molecule has 0 aliphatic heterocycles. The first-order valence-corrected chi connectivity index (χ1v) is 12.5. The molecular formula is C29H27FN8O. The monoisotopic (exact) mass is 522 g/mol. The van der Waals surface area contributed by atoms with Gasteiger partial charge >= 0.3 is 0 Å². The van der Waals surface area contributed by atoms with E-state index in [4.69, 9.17) is 9.72 Å². The number of imidazole rings is 1. The molecule has 6 rings (SSSR count). The van der Waals surface area contributed by atoms with E-state index in [-0.39, 0.29) is 5.82 Å². The van der Waals surface area contributed by atoms with E-state index in [9.17, 15) is 4.39 Å². The number of rotatable bonds is 8. The van der Waals surface area contributed by atoms with Crippen molar-refractivity contribution in [2.24, 2.45) is 0 Å². The van der Waals surface area contributed by atoms with Gasteiger partial charge in [0, 0.05) is 47.7 Å². The number of ether oxygens (including phenoxy) is 1. The number of hydrogen-bond donors (Lipinski definition) is 3. The third-order valence-corrected chi connectivity index (χ3v) is 6.53. The number of hydrogen-bond acceptors (Lipinski definition) is 7. The largest absolute Gasteiger partial charge is 0.495 e. The molecule has 4 aromatic heterocycles. The van der Waals surface area contributed by atoms with Crippen molar-refractivity contribution in [2.45, 2.75) is 0 Å². The topological polar surface area (TPSA) is 108 Å². The van der Waals surface area contributed by atoms with Crippen LogP contribution in [0.3, 0.4) is 0 Å². The lowest BCUT2D eigenvalue weighted by molar-refractivity contribution is 0.413. The van der Waals surface area contributed by atoms with Crippen LogP contribution in [0.4, 0.5) is 10.1 Å². The number of pyridine rings is 2. The van der Waals surface area contributed by atoms with E-state index in [1.54, 1.807) is 25.7 Å². The number of aromatic nitrogens is 6. The highest BCUT2D eigenvalue weighted by atomic mass is 19.1. The molecule has 0 radical (unpaired) electrons. The Morgan fingerprint density at radius 2 is 1.85 bits per heavy atom. The van der Waals surface area contributed by atoms with Gasteiger partial charge in [-0.15, -0.1) is 0 Å². The van der Waals surface area contributed by atoms with Gasteiger partial charge in [0.05, 0.1) is 30.0 Å². The van der Waals surface area contributed by atoms with Crippen LogP contribution in [0, 0.1) is 5.82 Å². The van der Waals surface area contributed by atoms with Crippen LogP contribution < -0.4 is 10.1 Å². The summed E-state index contributed by atoms with van der Waals surface area (Å²) >= 11 is 0. The molecule has 6 aromatic rings. The maximum Gasteiger partial charge on any atom is 0.159 e. The minimum atomic E-state index is -0.340. The van der Waals surface area contributed by atoms with Gasteiger partial charge in [-0.05, 0) is 62.1 Å². The van der Waals surface area contributed by atoms with Gasteiger partial charge in [0.1, 0.15) is 22.8 Å². The Bertz CT molecular complexity index is 1790. The number of benzene rings is 2. The Hall–Kier alpha value is -4.83. The number of halogens is 1. The Morgan fingerprint density at radius 1 is 0.949 bits per heavy atom. The highest BCUT2D eigenvalue weighted by molar-refractivity contribution is 5.97. The van der Waals surface area contributed by atoms with Crippen molar-refractivity contribution in [2.75, 3.05) is 39.6 Å². The average Bonchev–Trinajstić information content (AvgIpc) is 3.56. The summed E-state index contributed by atoms with van der Waals surface area (Å²) in [5.74, 6) is 0.935. The predicted octanol–water partition coefficient (Wildman–Crippen LogP) is 5.35. The smallest absolute Gasteiger partial charge is 0.159 e. The van der Waals surface area contributed by atoms with Gasteiger partial charge in [-0.2, -0.15) is 5.10 Å². The van der Waals surface area contributed by atoms with Gasteiger partial charge in [-0.25, -0.2) is 9.37 Å². The molecular weight excluding hydrogens is 495 g/mol. The highest BCUT2D eigenvalue weighted by Crippen LogP contribution is 2.33. The molecule has 0 bridgehead atoms. The lowest BCUT2D eigenvalue weighted by Gasteiger charge is -2.12. The molecule has 0 saturated heterocycles. The predicted molar refractivity (Wildman–Crippen MR) is 151 cm³/mol. The van der Waals surface area contributed by atoms with Gasteiger partial charge in [0.2, 0.25) is 0 Å². The van der Waals surface area contributed by atoms with Gasteiger partial charge in [0.15, 0.2) is 5.82 Å². The highest BCUT2D eigenvalue weighted by Gasteiger charge is 2.17. The molecule has 2 aromatic carbocycles. The average molecular weight is 523 g/mol. The number of nitrogens with one attached hydrogen (secondary N) is 3. The van der Waals surface area contributed by atoms with Gasteiger partial charge in [-0.1, -0.05) is 6.07 Å². The van der Waals surface area contributed by atoms with Gasteiger partial charge in [0.25, 0.3) is 0 Å². The first-order chi connectivity index (χ1) is 19.0. The zero-order chi connectivity index (χ0) is 26.9. The Morgan fingerprint density at radius 3 is 2.69 bits per heavy atom. The zero-order valence-corrected chi connectivity index (χ0v) is 21.8. The van der Waals surface area contributed by atoms with E-state index in [0.717, 1.165) is 34.1 Å². The summed E-state index contributed by atoms with van der Waals surface area (Å²) in [4.78, 5) is 19.2. The number of likely N-dealkylation sites (N-methyl/N-ethyl adjacent to an activating group) is 1. The number of fused-ring (bicyclic) bond motifs is 2. The number of nitrogens with zero attached hydrogens (tertiary/aromatic N) is 5. The number of H-pyrrole nitrogens is 2. The fourth-order valence-electron chi connectivity index (χ4n) is 4.57. The third-order valence-electron chi connectivity index (χ3n) is 6.53. The Kier molecular flexibility index (Phi) is 6.37. The molecule has 9 nitrogen and oxygen atoms in total. The summed E-state index contributed by atoms with van der Waals surface area (Å²) in [7, 11) is 5.62. The van der Waals surface area contributed by atoms with Gasteiger partial charge < -0.3 is 19.9 Å². The number of anilines is 1. The third kappa shape index (κ3) is 4.89. The van der Waals surface area contributed by atoms with E-state index in [0.29, 0.717) is 46.3 Å². The Balaban J connectivity index is 1.40. The van der Waals surface area contributed by atoms with Crippen LogP contribution in [0.5, 0.6) is 5.75 Å². The summed E-state index contributed by atoms with van der Waals surface area (Å²) in [5, 5.41) is 11.8. The summed E-state index contributed by atoms with van der Waals surface area (Å²) in [6, 6.07) is 14.7. The molecule has 39 heavy (non-hydrogen) atoms. The summed E-state index contributed by atoms with van der Waals surface area (Å²) in [6.45, 7) is 1.52. The second kappa shape index (κ2) is 10.1. The summed E-state index contributed by atoms with van der Waals surface area (Å²) in [5.41, 5.74) is 6.81. The van der Waals surface area contributed by atoms with Crippen LogP contribution >= 0.6 is 0 Å². The van der Waals surface area contributed by atoms with E-state index in [2.05, 4.69) is 41.4 Å². The molecule has 0 aliphatic carbocycles. The lowest BCUT2D eigenvalue weighted by atomic mass is 10.0. The molecule has 0 unspecified atom stereocenters. The SMILES string of the molecule is COc1cncc(-c2ccc3[nH]nc(-c4nc5c(-c6cc(F)cc(NCCN(C)C)c6)nccc5[nH]4)c3c2)c1. The molecule has 0 saturated carbocycles. The standard InChI is InChI=1S/C29H27FN8O/c1-38(2)9-8-32-21-11-18(10-20(30)14-21)26-28-25(6-7-33-26)34-29(35-28)27-23-13-17(4-5-24(23)36-37-27)19-12-22(39-3)16-31-15-19/h4-7,10-16,32H,8-9H2,1-3H3,(H,34,35)(H,36,37). The maximum atomic E-state index is 14.6. The normalized spacial score (nSPS) is 11.5. The van der Waals surface area contributed by atoms with Crippen LogP contribution in [0.25, 0.3) is 55.8 Å². The number of aromatic amines is 2. The van der Waals surface area contributed by atoms with Crippen molar-refractivity contribution in [1.29, 1.82) is 0 Å². The van der Waals surface area contributed by atoms with E-state index >= 15 is 0 Å². The van der Waals surface area contributed by atoms with Crippen molar-refractivity contribution < 1.29 is 9.13 Å². The molecule has 196 valence electrons.